The summed E-state index contributed by atoms with van der Waals surface area (Å²) in [5.41, 5.74) is -0.0850. The standard InChI is InChI=1S/C12H19N5O3/c1-4-13-11-14-9-8(16(11)2)10(18)15-12(19)17(9)6-5-7-20-3/h4-7H2,1-3H3,(H,13,14)(H,15,18,19). The Morgan fingerprint density at radius 2 is 2.15 bits per heavy atom. The predicted octanol–water partition coefficient (Wildman–Crippen LogP) is -0.108. The lowest BCUT2D eigenvalue weighted by Crippen LogP contribution is -2.31. The van der Waals surface area contributed by atoms with Crippen LogP contribution in [0, 0.1) is 0 Å². The van der Waals surface area contributed by atoms with Gasteiger partial charge in [-0.1, -0.05) is 0 Å². The highest BCUT2D eigenvalue weighted by molar-refractivity contribution is 5.73. The first-order valence-corrected chi connectivity index (χ1v) is 6.52. The molecule has 0 amide bonds. The lowest BCUT2D eigenvalue weighted by atomic mass is 10.4. The van der Waals surface area contributed by atoms with Crippen LogP contribution in [0.25, 0.3) is 11.2 Å². The molecule has 2 aromatic rings. The molecule has 20 heavy (non-hydrogen) atoms. The van der Waals surface area contributed by atoms with Crippen LogP contribution in [0.3, 0.4) is 0 Å². The Kier molecular flexibility index (Phi) is 4.23. The van der Waals surface area contributed by atoms with Crippen molar-refractivity contribution >= 4 is 17.1 Å². The molecule has 0 spiro atoms. The molecule has 2 N–H and O–H groups in total. The average molecular weight is 281 g/mol. The van der Waals surface area contributed by atoms with E-state index in [2.05, 4.69) is 15.3 Å². The summed E-state index contributed by atoms with van der Waals surface area (Å²) in [4.78, 5) is 30.5. The first-order valence-electron chi connectivity index (χ1n) is 6.52. The maximum Gasteiger partial charge on any atom is 0.330 e. The van der Waals surface area contributed by atoms with Crippen LogP contribution < -0.4 is 16.6 Å². The first kappa shape index (κ1) is 14.3. The molecule has 0 radical (unpaired) electrons. The van der Waals surface area contributed by atoms with Gasteiger partial charge in [-0.2, -0.15) is 4.98 Å². The van der Waals surface area contributed by atoms with Crippen LogP contribution in [0.4, 0.5) is 5.95 Å². The van der Waals surface area contributed by atoms with Crippen molar-refractivity contribution in [3.63, 3.8) is 0 Å². The van der Waals surface area contributed by atoms with Gasteiger partial charge < -0.3 is 14.6 Å². The molecule has 0 aliphatic rings. The van der Waals surface area contributed by atoms with E-state index >= 15 is 0 Å². The summed E-state index contributed by atoms with van der Waals surface area (Å²) >= 11 is 0. The third-order valence-corrected chi connectivity index (χ3v) is 3.08. The van der Waals surface area contributed by atoms with Gasteiger partial charge in [0.05, 0.1) is 0 Å². The van der Waals surface area contributed by atoms with Gasteiger partial charge in [0.1, 0.15) is 0 Å². The molecule has 110 valence electrons. The molecule has 0 atom stereocenters. The minimum Gasteiger partial charge on any atom is -0.385 e. The van der Waals surface area contributed by atoms with Gasteiger partial charge in [0.15, 0.2) is 11.2 Å². The summed E-state index contributed by atoms with van der Waals surface area (Å²) in [7, 11) is 3.35. The lowest BCUT2D eigenvalue weighted by Gasteiger charge is -2.05. The number of nitrogens with zero attached hydrogens (tertiary/aromatic N) is 3. The molecule has 0 fully saturated rings. The summed E-state index contributed by atoms with van der Waals surface area (Å²) in [5, 5.41) is 3.07. The Bertz CT molecular complexity index is 712. The van der Waals surface area contributed by atoms with Crippen molar-refractivity contribution < 1.29 is 4.74 Å². The number of aromatic nitrogens is 4. The minimum absolute atomic E-state index is 0.387. The van der Waals surface area contributed by atoms with Gasteiger partial charge in [0.2, 0.25) is 5.95 Å². The van der Waals surface area contributed by atoms with Crippen LogP contribution in [-0.4, -0.2) is 39.4 Å². The smallest absolute Gasteiger partial charge is 0.330 e. The number of ether oxygens (including phenoxy) is 1. The second kappa shape index (κ2) is 5.91. The second-order valence-corrected chi connectivity index (χ2v) is 4.45. The predicted molar refractivity (Wildman–Crippen MR) is 76.3 cm³/mol. The zero-order chi connectivity index (χ0) is 14.7. The number of imidazole rings is 1. The molecular formula is C12H19N5O3. The van der Waals surface area contributed by atoms with Gasteiger partial charge in [-0.3, -0.25) is 14.3 Å². The molecule has 0 saturated carbocycles. The topological polar surface area (TPSA) is 93.9 Å². The van der Waals surface area contributed by atoms with E-state index < -0.39 is 11.2 Å². The van der Waals surface area contributed by atoms with Crippen LogP contribution in [0.2, 0.25) is 0 Å². The minimum atomic E-state index is -0.445. The monoisotopic (exact) mass is 281 g/mol. The first-order chi connectivity index (χ1) is 9.60. The molecule has 0 saturated heterocycles. The molecule has 0 aliphatic carbocycles. The number of rotatable bonds is 6. The number of aryl methyl sites for hydroxylation is 2. The van der Waals surface area contributed by atoms with E-state index in [0.717, 1.165) is 0 Å². The zero-order valence-electron chi connectivity index (χ0n) is 11.9. The number of anilines is 1. The maximum absolute atomic E-state index is 11.9. The van der Waals surface area contributed by atoms with E-state index in [-0.39, 0.29) is 0 Å². The normalized spacial score (nSPS) is 11.2. The van der Waals surface area contributed by atoms with Crippen LogP contribution >= 0.6 is 0 Å². The quantitative estimate of drug-likeness (QED) is 0.721. The summed E-state index contributed by atoms with van der Waals surface area (Å²) in [6, 6.07) is 0. The fraction of sp³-hybridized carbons (Fsp3) is 0.583. The molecule has 0 aromatic carbocycles. The Hall–Kier alpha value is -2.09. The average Bonchev–Trinajstić information content (AvgIpc) is 2.72. The Morgan fingerprint density at radius 1 is 1.40 bits per heavy atom. The van der Waals surface area contributed by atoms with Gasteiger partial charge in [-0.15, -0.1) is 0 Å². The largest absolute Gasteiger partial charge is 0.385 e. The van der Waals surface area contributed by atoms with E-state index in [0.29, 0.717) is 43.2 Å². The van der Waals surface area contributed by atoms with Crippen molar-refractivity contribution in [2.45, 2.75) is 19.9 Å². The highest BCUT2D eigenvalue weighted by Crippen LogP contribution is 2.13. The van der Waals surface area contributed by atoms with Crippen molar-refractivity contribution in [3.8, 4) is 0 Å². The van der Waals surface area contributed by atoms with Crippen LogP contribution in [-0.2, 0) is 18.3 Å². The molecule has 8 heteroatoms. The summed E-state index contributed by atoms with van der Waals surface area (Å²) in [6.45, 7) is 3.61. The summed E-state index contributed by atoms with van der Waals surface area (Å²) in [6.07, 6.45) is 0.671. The number of nitrogens with one attached hydrogen (secondary N) is 2. The fourth-order valence-corrected chi connectivity index (χ4v) is 2.14. The van der Waals surface area contributed by atoms with E-state index in [1.165, 1.54) is 4.57 Å². The molecule has 0 aliphatic heterocycles. The SMILES string of the molecule is CCNc1nc2c(c(=O)[nH]c(=O)n2CCCOC)n1C. The molecule has 2 heterocycles. The molecule has 0 unspecified atom stereocenters. The van der Waals surface area contributed by atoms with Crippen LogP contribution in [0.5, 0.6) is 0 Å². The number of methoxy groups -OCH3 is 1. The fourth-order valence-electron chi connectivity index (χ4n) is 2.14. The maximum atomic E-state index is 11.9. The highest BCUT2D eigenvalue weighted by Gasteiger charge is 2.15. The molecule has 2 rings (SSSR count). The van der Waals surface area contributed by atoms with Crippen molar-refractivity contribution in [3.05, 3.63) is 20.8 Å². The van der Waals surface area contributed by atoms with E-state index in [1.807, 2.05) is 6.92 Å². The molecule has 8 nitrogen and oxygen atoms in total. The number of fused-ring (bicyclic) bond motifs is 1. The van der Waals surface area contributed by atoms with Crippen molar-refractivity contribution in [1.82, 2.24) is 19.1 Å². The Labute approximate surface area is 115 Å². The van der Waals surface area contributed by atoms with Gasteiger partial charge in [-0.05, 0) is 13.3 Å². The van der Waals surface area contributed by atoms with Gasteiger partial charge in [0, 0.05) is 33.9 Å². The Balaban J connectivity index is 2.59. The number of hydrogen-bond acceptors (Lipinski definition) is 5. The third kappa shape index (κ3) is 2.46. The van der Waals surface area contributed by atoms with Gasteiger partial charge in [0.25, 0.3) is 5.56 Å². The highest BCUT2D eigenvalue weighted by atomic mass is 16.5. The Morgan fingerprint density at radius 3 is 2.80 bits per heavy atom. The van der Waals surface area contributed by atoms with Crippen LogP contribution in [0.15, 0.2) is 9.59 Å². The van der Waals surface area contributed by atoms with Crippen LogP contribution in [0.1, 0.15) is 13.3 Å². The summed E-state index contributed by atoms with van der Waals surface area (Å²) < 4.78 is 8.11. The third-order valence-electron chi connectivity index (χ3n) is 3.08. The van der Waals surface area contributed by atoms with E-state index in [1.54, 1.807) is 18.7 Å². The second-order valence-electron chi connectivity index (χ2n) is 4.45. The van der Waals surface area contributed by atoms with Gasteiger partial charge >= 0.3 is 5.69 Å². The molecular weight excluding hydrogens is 262 g/mol. The molecule has 0 bridgehead atoms. The lowest BCUT2D eigenvalue weighted by molar-refractivity contribution is 0.190. The van der Waals surface area contributed by atoms with Crippen molar-refractivity contribution in [1.29, 1.82) is 0 Å². The number of hydrogen-bond donors (Lipinski definition) is 2. The number of aromatic amines is 1. The van der Waals surface area contributed by atoms with Gasteiger partial charge in [-0.25, -0.2) is 4.79 Å². The van der Waals surface area contributed by atoms with Crippen molar-refractivity contribution in [2.24, 2.45) is 7.05 Å². The molecule has 2 aromatic heterocycles. The summed E-state index contributed by atoms with van der Waals surface area (Å²) in [5.74, 6) is 0.569. The number of H-pyrrole nitrogens is 1. The van der Waals surface area contributed by atoms with E-state index in [9.17, 15) is 9.59 Å². The van der Waals surface area contributed by atoms with E-state index in [4.69, 9.17) is 4.74 Å². The van der Waals surface area contributed by atoms with Crippen molar-refractivity contribution in [2.75, 3.05) is 25.6 Å². The zero-order valence-corrected chi connectivity index (χ0v) is 11.9.